The molecule has 2 unspecified atom stereocenters. The Morgan fingerprint density at radius 2 is 1.25 bits per heavy atom. The second-order valence-corrected chi connectivity index (χ2v) is 7.62. The van der Waals surface area contributed by atoms with Gasteiger partial charge in [0.15, 0.2) is 0 Å². The molecule has 0 aliphatic carbocycles. The van der Waals surface area contributed by atoms with Crippen LogP contribution in [0.4, 0.5) is 0 Å². The highest BCUT2D eigenvalue weighted by molar-refractivity contribution is 4.73. The van der Waals surface area contributed by atoms with Crippen LogP contribution in [0.1, 0.15) is 75.2 Å². The van der Waals surface area contributed by atoms with Crippen LogP contribution < -0.4 is 0 Å². The minimum atomic E-state index is -0.339. The number of hydrogen-bond acceptors (Lipinski definition) is 4. The van der Waals surface area contributed by atoms with Crippen molar-refractivity contribution in [2.75, 3.05) is 0 Å². The summed E-state index contributed by atoms with van der Waals surface area (Å²) in [4.78, 5) is 22.2. The predicted molar refractivity (Wildman–Crippen MR) is 81.2 cm³/mol. The lowest BCUT2D eigenvalue weighted by Crippen LogP contribution is -2.39. The summed E-state index contributed by atoms with van der Waals surface area (Å²) in [6.07, 6.45) is 1.57. The molecule has 0 amide bonds. The van der Waals surface area contributed by atoms with Crippen LogP contribution in [0, 0.1) is 5.92 Å². The van der Waals surface area contributed by atoms with Gasteiger partial charge in [0.1, 0.15) is 12.2 Å². The van der Waals surface area contributed by atoms with Crippen molar-refractivity contribution in [2.24, 2.45) is 5.92 Å². The smallest absolute Gasteiger partial charge is 0.124 e. The van der Waals surface area contributed by atoms with Gasteiger partial charge in [0, 0.05) is 0 Å². The largest absolute Gasteiger partial charge is 0.231 e. The van der Waals surface area contributed by atoms with Gasteiger partial charge in [-0.3, -0.25) is 0 Å². The first-order valence-electron chi connectivity index (χ1n) is 7.65. The lowest BCUT2D eigenvalue weighted by Gasteiger charge is -2.32. The molecule has 0 saturated heterocycles. The summed E-state index contributed by atoms with van der Waals surface area (Å²) in [5.74, 6) is 0.275. The van der Waals surface area contributed by atoms with Gasteiger partial charge in [-0.05, 0) is 53.9 Å². The van der Waals surface area contributed by atoms with Crippen LogP contribution in [-0.4, -0.2) is 23.4 Å². The molecule has 0 aliphatic rings. The summed E-state index contributed by atoms with van der Waals surface area (Å²) in [7, 11) is 0. The monoisotopic (exact) mass is 290 g/mol. The topological polar surface area (TPSA) is 36.9 Å². The maximum atomic E-state index is 5.64. The Morgan fingerprint density at radius 1 is 0.800 bits per heavy atom. The molecule has 0 N–H and O–H groups in total. The van der Waals surface area contributed by atoms with Gasteiger partial charge >= 0.3 is 0 Å². The average molecular weight is 290 g/mol. The lowest BCUT2D eigenvalue weighted by atomic mass is 9.99. The first-order valence-corrected chi connectivity index (χ1v) is 7.65. The third-order valence-corrected chi connectivity index (χ3v) is 2.43. The van der Waals surface area contributed by atoms with Crippen LogP contribution in [0.15, 0.2) is 0 Å². The standard InChI is InChI=1S/C16H34O4/c1-10-11-13(17-19-15(4,5)6)14(12(2)3)18-20-16(7,8)9/h12-14H,10-11H2,1-9H3. The van der Waals surface area contributed by atoms with Crippen LogP contribution in [0.25, 0.3) is 0 Å². The van der Waals surface area contributed by atoms with Gasteiger partial charge in [0.25, 0.3) is 0 Å². The first-order chi connectivity index (χ1) is 8.96. The summed E-state index contributed by atoms with van der Waals surface area (Å²) >= 11 is 0. The van der Waals surface area contributed by atoms with E-state index in [-0.39, 0.29) is 29.3 Å². The van der Waals surface area contributed by atoms with Crippen molar-refractivity contribution in [3.05, 3.63) is 0 Å². The molecule has 0 radical (unpaired) electrons. The van der Waals surface area contributed by atoms with E-state index in [9.17, 15) is 0 Å². The molecule has 0 aromatic rings. The van der Waals surface area contributed by atoms with E-state index in [1.807, 2.05) is 41.5 Å². The Morgan fingerprint density at radius 3 is 1.60 bits per heavy atom. The fourth-order valence-corrected chi connectivity index (χ4v) is 1.56. The zero-order valence-corrected chi connectivity index (χ0v) is 14.8. The normalized spacial score (nSPS) is 16.5. The van der Waals surface area contributed by atoms with Crippen molar-refractivity contribution in [2.45, 2.75) is 98.6 Å². The Balaban J connectivity index is 4.68. The molecule has 2 atom stereocenters. The third-order valence-electron chi connectivity index (χ3n) is 2.43. The highest BCUT2D eigenvalue weighted by Crippen LogP contribution is 2.23. The molecule has 0 aromatic carbocycles. The summed E-state index contributed by atoms with van der Waals surface area (Å²) in [6.45, 7) is 18.1. The molecule has 4 nitrogen and oxygen atoms in total. The molecule has 4 heteroatoms. The molecule has 0 bridgehead atoms. The highest BCUT2D eigenvalue weighted by atomic mass is 17.2. The molecule has 0 spiro atoms. The second kappa shape index (κ2) is 8.32. The molecule has 0 saturated carbocycles. The number of rotatable bonds is 8. The van der Waals surface area contributed by atoms with E-state index in [2.05, 4.69) is 20.8 Å². The Hall–Kier alpha value is -0.160. The summed E-state index contributed by atoms with van der Waals surface area (Å²) in [5.41, 5.74) is -0.673. The molecule has 0 aromatic heterocycles. The van der Waals surface area contributed by atoms with Gasteiger partial charge in [-0.25, -0.2) is 19.6 Å². The zero-order chi connectivity index (χ0) is 16.0. The molecule has 122 valence electrons. The maximum Gasteiger partial charge on any atom is 0.124 e. The Bertz CT molecular complexity index is 250. The second-order valence-electron chi connectivity index (χ2n) is 7.62. The van der Waals surface area contributed by atoms with Gasteiger partial charge in [0.05, 0.1) is 11.2 Å². The third kappa shape index (κ3) is 9.70. The SMILES string of the molecule is CCCC(OOC(C)(C)C)C(OOC(C)(C)C)C(C)C. The van der Waals surface area contributed by atoms with E-state index in [0.29, 0.717) is 0 Å². The van der Waals surface area contributed by atoms with Crippen molar-refractivity contribution in [3.63, 3.8) is 0 Å². The van der Waals surface area contributed by atoms with Crippen LogP contribution in [0.5, 0.6) is 0 Å². The van der Waals surface area contributed by atoms with E-state index in [0.717, 1.165) is 12.8 Å². The van der Waals surface area contributed by atoms with Crippen molar-refractivity contribution < 1.29 is 19.6 Å². The van der Waals surface area contributed by atoms with Crippen LogP contribution >= 0.6 is 0 Å². The van der Waals surface area contributed by atoms with E-state index in [1.54, 1.807) is 0 Å². The van der Waals surface area contributed by atoms with Crippen molar-refractivity contribution in [1.82, 2.24) is 0 Å². The predicted octanol–water partition coefficient (Wildman–Crippen LogP) is 4.67. The van der Waals surface area contributed by atoms with Crippen LogP contribution in [-0.2, 0) is 19.6 Å². The quantitative estimate of drug-likeness (QED) is 0.481. The Kier molecular flexibility index (Phi) is 8.26. The van der Waals surface area contributed by atoms with E-state index in [1.165, 1.54) is 0 Å². The van der Waals surface area contributed by atoms with Crippen molar-refractivity contribution in [1.29, 1.82) is 0 Å². The molecular formula is C16H34O4. The maximum absolute atomic E-state index is 5.64. The minimum Gasteiger partial charge on any atom is -0.231 e. The van der Waals surface area contributed by atoms with Gasteiger partial charge in [-0.2, -0.15) is 0 Å². The molecule has 20 heavy (non-hydrogen) atoms. The molecule has 0 fully saturated rings. The van der Waals surface area contributed by atoms with Gasteiger partial charge in [-0.1, -0.05) is 27.2 Å². The minimum absolute atomic E-state index is 0.137. The molecule has 0 rings (SSSR count). The highest BCUT2D eigenvalue weighted by Gasteiger charge is 2.31. The Labute approximate surface area is 125 Å². The van der Waals surface area contributed by atoms with Crippen molar-refractivity contribution in [3.8, 4) is 0 Å². The summed E-state index contributed by atoms with van der Waals surface area (Å²) in [5, 5.41) is 0. The van der Waals surface area contributed by atoms with E-state index >= 15 is 0 Å². The molecule has 0 aliphatic heterocycles. The van der Waals surface area contributed by atoms with Gasteiger partial charge in [-0.15, -0.1) is 0 Å². The first kappa shape index (κ1) is 19.8. The zero-order valence-electron chi connectivity index (χ0n) is 14.8. The summed E-state index contributed by atoms with van der Waals surface area (Å²) in [6, 6.07) is 0. The van der Waals surface area contributed by atoms with Gasteiger partial charge < -0.3 is 0 Å². The lowest BCUT2D eigenvalue weighted by molar-refractivity contribution is -0.435. The average Bonchev–Trinajstić information content (AvgIpc) is 2.22. The fourth-order valence-electron chi connectivity index (χ4n) is 1.56. The van der Waals surface area contributed by atoms with E-state index in [4.69, 9.17) is 19.6 Å². The summed E-state index contributed by atoms with van der Waals surface area (Å²) < 4.78 is 0. The molecular weight excluding hydrogens is 256 g/mol. The van der Waals surface area contributed by atoms with Crippen LogP contribution in [0.2, 0.25) is 0 Å². The fraction of sp³-hybridized carbons (Fsp3) is 1.00. The van der Waals surface area contributed by atoms with Gasteiger partial charge in [0.2, 0.25) is 0 Å². The van der Waals surface area contributed by atoms with E-state index < -0.39 is 0 Å². The number of hydrogen-bond donors (Lipinski definition) is 0. The van der Waals surface area contributed by atoms with Crippen molar-refractivity contribution >= 4 is 0 Å². The van der Waals surface area contributed by atoms with Crippen LogP contribution in [0.3, 0.4) is 0 Å². The molecule has 0 heterocycles.